The van der Waals surface area contributed by atoms with Gasteiger partial charge in [-0.15, -0.1) is 0 Å². The first-order valence-corrected chi connectivity index (χ1v) is 26.0. The highest BCUT2D eigenvalue weighted by atomic mass is 16.8. The van der Waals surface area contributed by atoms with Crippen molar-refractivity contribution in [2.75, 3.05) is 26.4 Å². The molecule has 29 atom stereocenters. The van der Waals surface area contributed by atoms with Crippen LogP contribution in [0.5, 0.6) is 0 Å². The van der Waals surface area contributed by atoms with E-state index < -0.39 is 148 Å². The fourth-order valence-corrected chi connectivity index (χ4v) is 14.5. The topological polar surface area (TPSA) is 346 Å². The number of hydrogen-bond donors (Lipinski definition) is 13. The molecule has 8 fully saturated rings. The molecular weight excluding hydrogens is 953 g/mol. The fraction of sp³-hybridized carbons (Fsp3) is 0.920. The van der Waals surface area contributed by atoms with Gasteiger partial charge in [-0.2, -0.15) is 0 Å². The van der Waals surface area contributed by atoms with E-state index in [4.69, 9.17) is 42.6 Å². The van der Waals surface area contributed by atoms with Crippen molar-refractivity contribution < 1.29 is 109 Å². The van der Waals surface area contributed by atoms with Crippen molar-refractivity contribution in [3.05, 3.63) is 23.8 Å². The maximum Gasteiger partial charge on any atom is 0.187 e. The van der Waals surface area contributed by atoms with Gasteiger partial charge in [0.25, 0.3) is 0 Å². The third kappa shape index (κ3) is 9.83. The van der Waals surface area contributed by atoms with Gasteiger partial charge in [0.15, 0.2) is 30.9 Å². The largest absolute Gasteiger partial charge is 0.394 e. The molecule has 412 valence electrons. The highest BCUT2D eigenvalue weighted by Crippen LogP contribution is 2.70. The molecule has 22 nitrogen and oxygen atoms in total. The smallest absolute Gasteiger partial charge is 0.187 e. The minimum Gasteiger partial charge on any atom is -0.394 e. The van der Waals surface area contributed by atoms with E-state index in [-0.39, 0.29) is 41.8 Å². The van der Waals surface area contributed by atoms with Crippen LogP contribution in [0.1, 0.15) is 85.5 Å². The Kier molecular flexibility index (Phi) is 16.5. The Bertz CT molecular complexity index is 1910. The third-order valence-corrected chi connectivity index (χ3v) is 18.9. The summed E-state index contributed by atoms with van der Waals surface area (Å²) in [6.45, 7) is 10.7. The van der Waals surface area contributed by atoms with Gasteiger partial charge in [0, 0.05) is 12.3 Å². The Morgan fingerprint density at radius 2 is 1.38 bits per heavy atom. The number of allylic oxidation sites excluding steroid dienone is 1. The summed E-state index contributed by atoms with van der Waals surface area (Å²) in [5, 5.41) is 138. The molecule has 5 saturated heterocycles. The normalized spacial score (nSPS) is 54.5. The van der Waals surface area contributed by atoms with Crippen LogP contribution in [0.15, 0.2) is 23.8 Å². The van der Waals surface area contributed by atoms with E-state index in [9.17, 15) is 66.4 Å². The van der Waals surface area contributed by atoms with Crippen molar-refractivity contribution >= 4 is 0 Å². The Balaban J connectivity index is 0.843. The van der Waals surface area contributed by atoms with Crippen molar-refractivity contribution in [3.8, 4) is 0 Å². The molecule has 5 aliphatic heterocycles. The lowest BCUT2D eigenvalue weighted by molar-refractivity contribution is -0.385. The molecule has 9 rings (SSSR count). The minimum absolute atomic E-state index is 0.0432. The molecule has 22 heteroatoms. The van der Waals surface area contributed by atoms with Crippen molar-refractivity contribution in [2.45, 2.75) is 220 Å². The van der Waals surface area contributed by atoms with E-state index in [0.29, 0.717) is 42.6 Å². The lowest BCUT2D eigenvalue weighted by Gasteiger charge is -2.58. The van der Waals surface area contributed by atoms with E-state index in [1.54, 1.807) is 0 Å². The number of hydrogen-bond acceptors (Lipinski definition) is 22. The standard InChI is InChI=1S/C50H80O22/c1-20(18-64-44-39(60)37(58)35(56)30(16-51)68-44)8-13-50(63)21(2)32-29(72-50)15-27-25-7-6-23-14-24(9-11-48(23,4)26(25)10-12-49(27,32)5)67-47-43(71-46-40(61)36(57)33(54)22(3)66-46)41(62)42(31(17-52)69-47)70-45-38(59)34(55)28(53)19-65-45/h6,21-22,24-47,51-63H,1,7-19H2,2-5H3/t21-,22-,24-,25+,26-,27-,28-,29-,30+,31+,32-,33-,34-,35+,36+,37-,38+,39+,40+,41-,42+,43+,44+,45-,46-,47+,48-,49-,50+/m0/s1. The average Bonchev–Trinajstić information content (AvgIpc) is 3.80. The zero-order valence-corrected chi connectivity index (χ0v) is 41.5. The molecule has 9 aliphatic rings. The summed E-state index contributed by atoms with van der Waals surface area (Å²) >= 11 is 0. The quantitative estimate of drug-likeness (QED) is 0.0804. The van der Waals surface area contributed by atoms with Crippen LogP contribution in [0.25, 0.3) is 0 Å². The summed E-state index contributed by atoms with van der Waals surface area (Å²) in [6.07, 6.45) is -20.0. The average molecular weight is 1030 g/mol. The van der Waals surface area contributed by atoms with Gasteiger partial charge >= 0.3 is 0 Å². The van der Waals surface area contributed by atoms with Crippen LogP contribution in [-0.2, 0) is 42.6 Å². The molecule has 4 aliphatic carbocycles. The Morgan fingerprint density at radius 3 is 2.10 bits per heavy atom. The molecule has 0 amide bonds. The fourth-order valence-electron chi connectivity index (χ4n) is 14.5. The highest BCUT2D eigenvalue weighted by molar-refractivity contribution is 5.26. The Hall–Kier alpha value is -1.40. The van der Waals surface area contributed by atoms with Gasteiger partial charge < -0.3 is 109 Å². The summed E-state index contributed by atoms with van der Waals surface area (Å²) in [7, 11) is 0. The van der Waals surface area contributed by atoms with Crippen LogP contribution in [0.2, 0.25) is 0 Å². The van der Waals surface area contributed by atoms with E-state index >= 15 is 0 Å². The molecule has 0 bridgehead atoms. The van der Waals surface area contributed by atoms with Crippen LogP contribution in [-0.4, -0.2) is 228 Å². The van der Waals surface area contributed by atoms with E-state index in [1.807, 2.05) is 0 Å². The van der Waals surface area contributed by atoms with Crippen molar-refractivity contribution in [2.24, 2.45) is 40.4 Å². The molecule has 0 aromatic heterocycles. The molecule has 0 radical (unpaired) electrons. The second kappa shape index (κ2) is 21.4. The number of ether oxygens (including phenoxy) is 9. The molecule has 72 heavy (non-hydrogen) atoms. The summed E-state index contributed by atoms with van der Waals surface area (Å²) in [5.41, 5.74) is 1.65. The molecule has 13 N–H and O–H groups in total. The maximum atomic E-state index is 12.1. The van der Waals surface area contributed by atoms with Crippen molar-refractivity contribution in [3.63, 3.8) is 0 Å². The minimum atomic E-state index is -1.75. The summed E-state index contributed by atoms with van der Waals surface area (Å²) < 4.78 is 54.0. The predicted octanol–water partition coefficient (Wildman–Crippen LogP) is -2.45. The zero-order chi connectivity index (χ0) is 51.9. The molecule has 3 saturated carbocycles. The number of fused-ring (bicyclic) bond motifs is 7. The van der Waals surface area contributed by atoms with Crippen LogP contribution in [0, 0.1) is 40.4 Å². The van der Waals surface area contributed by atoms with E-state index in [1.165, 1.54) is 12.5 Å². The lowest BCUT2D eigenvalue weighted by atomic mass is 9.47. The number of aliphatic hydroxyl groups excluding tert-OH is 12. The van der Waals surface area contributed by atoms with Gasteiger partial charge in [0.1, 0.15) is 85.5 Å². The third-order valence-electron chi connectivity index (χ3n) is 18.9. The summed E-state index contributed by atoms with van der Waals surface area (Å²) in [6, 6.07) is 0. The SMILES string of the molecule is C=C(CC[C@@]1(O)O[C@H]2C[C@H]3[C@@H]4CC=C5C[C@@H](O[C@@H]6O[C@H](CO)[C@@H](O[C@@H]7OC[C@H](O)[C@H](O)[C@H]7O)[C@H](O)[C@H]6O[C@@H]6O[C@@H](C)[C@H](O)[C@@H](O)[C@H]6O)CC[C@]5(C)[C@H]4CC[C@]3(C)[C@H]2[C@@H]1C)CO[C@@H]1O[C@H](CO)[C@@H](O)[C@H](O)[C@H]1O. The summed E-state index contributed by atoms with van der Waals surface area (Å²) in [4.78, 5) is 0. The van der Waals surface area contributed by atoms with Gasteiger partial charge in [0.2, 0.25) is 0 Å². The van der Waals surface area contributed by atoms with E-state index in [0.717, 1.165) is 32.1 Å². The zero-order valence-electron chi connectivity index (χ0n) is 41.5. The van der Waals surface area contributed by atoms with Crippen LogP contribution in [0.4, 0.5) is 0 Å². The Labute approximate surface area is 419 Å². The predicted molar refractivity (Wildman–Crippen MR) is 244 cm³/mol. The van der Waals surface area contributed by atoms with Crippen LogP contribution >= 0.6 is 0 Å². The van der Waals surface area contributed by atoms with Gasteiger partial charge in [-0.3, -0.25) is 0 Å². The Morgan fingerprint density at radius 1 is 0.708 bits per heavy atom. The second-order valence-electron chi connectivity index (χ2n) is 23.0. The molecule has 0 aromatic rings. The van der Waals surface area contributed by atoms with Gasteiger partial charge in [-0.1, -0.05) is 44.6 Å². The van der Waals surface area contributed by atoms with Crippen molar-refractivity contribution in [1.82, 2.24) is 0 Å². The lowest BCUT2D eigenvalue weighted by Crippen LogP contribution is -2.66. The first-order valence-electron chi connectivity index (χ1n) is 26.0. The number of rotatable bonds is 14. The first-order chi connectivity index (χ1) is 34.0. The van der Waals surface area contributed by atoms with Crippen LogP contribution in [0.3, 0.4) is 0 Å². The number of aliphatic hydroxyl groups is 13. The van der Waals surface area contributed by atoms with Gasteiger partial charge in [0.05, 0.1) is 44.7 Å². The van der Waals surface area contributed by atoms with Crippen LogP contribution < -0.4 is 0 Å². The van der Waals surface area contributed by atoms with E-state index in [2.05, 4.69) is 33.4 Å². The van der Waals surface area contributed by atoms with Gasteiger partial charge in [-0.25, -0.2) is 0 Å². The second-order valence-corrected chi connectivity index (χ2v) is 23.0. The van der Waals surface area contributed by atoms with Crippen molar-refractivity contribution in [1.29, 1.82) is 0 Å². The molecular formula is C50H80O22. The van der Waals surface area contributed by atoms with Gasteiger partial charge in [-0.05, 0) is 92.8 Å². The molecule has 0 unspecified atom stereocenters. The summed E-state index contributed by atoms with van der Waals surface area (Å²) in [5.74, 6) is -0.321. The first kappa shape index (κ1) is 55.4. The maximum absolute atomic E-state index is 12.1. The molecule has 0 spiro atoms. The molecule has 0 aromatic carbocycles. The monoisotopic (exact) mass is 1030 g/mol. The molecule has 5 heterocycles. The highest BCUT2D eigenvalue weighted by Gasteiger charge is 2.68.